The van der Waals surface area contributed by atoms with Gasteiger partial charge in [-0.05, 0) is 33.3 Å². The molecule has 0 amide bonds. The van der Waals surface area contributed by atoms with Gasteiger partial charge in [0.25, 0.3) is 0 Å². The quantitative estimate of drug-likeness (QED) is 0.601. The molecule has 0 saturated heterocycles. The van der Waals surface area contributed by atoms with E-state index in [4.69, 9.17) is 0 Å². The molecule has 0 atom stereocenters. The minimum Gasteiger partial charge on any atom is -0.315 e. The van der Waals surface area contributed by atoms with Crippen LogP contribution in [0.25, 0.3) is 11.3 Å². The first kappa shape index (κ1) is 13.7. The van der Waals surface area contributed by atoms with E-state index in [1.165, 1.54) is 16.8 Å². The van der Waals surface area contributed by atoms with Gasteiger partial charge < -0.3 is 4.57 Å². The van der Waals surface area contributed by atoms with Crippen LogP contribution in [0.4, 0.5) is 0 Å². The van der Waals surface area contributed by atoms with Crippen molar-refractivity contribution in [1.82, 2.24) is 4.57 Å². The SMILES string of the molecule is CCn1c(-c2ccc(C)cc2)cs/c1=N\N=C(C)C. The molecule has 2 aromatic rings. The second kappa shape index (κ2) is 5.97. The Morgan fingerprint density at radius 1 is 1.21 bits per heavy atom. The van der Waals surface area contributed by atoms with E-state index in [2.05, 4.69) is 58.3 Å². The summed E-state index contributed by atoms with van der Waals surface area (Å²) in [4.78, 5) is 0.944. The summed E-state index contributed by atoms with van der Waals surface area (Å²) in [6, 6.07) is 8.58. The maximum Gasteiger partial charge on any atom is 0.211 e. The van der Waals surface area contributed by atoms with Crippen molar-refractivity contribution in [1.29, 1.82) is 0 Å². The Morgan fingerprint density at radius 3 is 2.47 bits per heavy atom. The molecule has 0 unspecified atom stereocenters. The third kappa shape index (κ3) is 3.20. The topological polar surface area (TPSA) is 29.6 Å². The molecule has 0 fully saturated rings. The zero-order chi connectivity index (χ0) is 13.8. The lowest BCUT2D eigenvalue weighted by Gasteiger charge is -2.06. The molecule has 0 aliphatic rings. The van der Waals surface area contributed by atoms with Crippen LogP contribution < -0.4 is 4.80 Å². The van der Waals surface area contributed by atoms with Crippen molar-refractivity contribution in [2.45, 2.75) is 34.2 Å². The van der Waals surface area contributed by atoms with Gasteiger partial charge in [-0.25, -0.2) is 0 Å². The van der Waals surface area contributed by atoms with E-state index >= 15 is 0 Å². The molecule has 0 aliphatic carbocycles. The van der Waals surface area contributed by atoms with Crippen molar-refractivity contribution in [2.24, 2.45) is 10.2 Å². The van der Waals surface area contributed by atoms with E-state index in [0.29, 0.717) is 0 Å². The molecular weight excluding hydrogens is 254 g/mol. The molecule has 0 bridgehead atoms. The molecule has 100 valence electrons. The number of hydrogen-bond donors (Lipinski definition) is 0. The van der Waals surface area contributed by atoms with Crippen LogP contribution in [-0.2, 0) is 6.54 Å². The highest BCUT2D eigenvalue weighted by Crippen LogP contribution is 2.20. The highest BCUT2D eigenvalue weighted by atomic mass is 32.1. The van der Waals surface area contributed by atoms with Crippen molar-refractivity contribution in [3.63, 3.8) is 0 Å². The summed E-state index contributed by atoms with van der Waals surface area (Å²) < 4.78 is 2.20. The van der Waals surface area contributed by atoms with E-state index in [9.17, 15) is 0 Å². The number of aryl methyl sites for hydroxylation is 1. The smallest absolute Gasteiger partial charge is 0.211 e. The summed E-state index contributed by atoms with van der Waals surface area (Å²) in [5.41, 5.74) is 4.67. The number of hydrogen-bond acceptors (Lipinski definition) is 3. The van der Waals surface area contributed by atoms with E-state index in [1.807, 2.05) is 13.8 Å². The second-order valence-corrected chi connectivity index (χ2v) is 5.50. The Balaban J connectivity index is 2.51. The molecular formula is C15H19N3S. The highest BCUT2D eigenvalue weighted by Gasteiger charge is 2.06. The largest absolute Gasteiger partial charge is 0.315 e. The van der Waals surface area contributed by atoms with Gasteiger partial charge in [0.15, 0.2) is 0 Å². The molecule has 0 N–H and O–H groups in total. The van der Waals surface area contributed by atoms with Gasteiger partial charge in [0.1, 0.15) is 0 Å². The van der Waals surface area contributed by atoms with Crippen LogP contribution in [0.1, 0.15) is 26.3 Å². The lowest BCUT2D eigenvalue weighted by atomic mass is 10.1. The number of nitrogens with zero attached hydrogens (tertiary/aromatic N) is 3. The van der Waals surface area contributed by atoms with Gasteiger partial charge >= 0.3 is 0 Å². The van der Waals surface area contributed by atoms with Crippen molar-refractivity contribution in [3.8, 4) is 11.3 Å². The van der Waals surface area contributed by atoms with Crippen molar-refractivity contribution >= 4 is 17.0 Å². The maximum atomic E-state index is 4.31. The lowest BCUT2D eigenvalue weighted by Crippen LogP contribution is -2.14. The Labute approximate surface area is 118 Å². The molecule has 19 heavy (non-hydrogen) atoms. The van der Waals surface area contributed by atoms with Crippen molar-refractivity contribution in [3.05, 3.63) is 40.0 Å². The van der Waals surface area contributed by atoms with Crippen LogP contribution in [0.15, 0.2) is 39.8 Å². The zero-order valence-electron chi connectivity index (χ0n) is 11.8. The van der Waals surface area contributed by atoms with E-state index < -0.39 is 0 Å². The fourth-order valence-electron chi connectivity index (χ4n) is 1.81. The van der Waals surface area contributed by atoms with Gasteiger partial charge in [-0.3, -0.25) is 0 Å². The number of rotatable bonds is 3. The van der Waals surface area contributed by atoms with E-state index in [1.54, 1.807) is 11.3 Å². The van der Waals surface area contributed by atoms with Crippen LogP contribution in [-0.4, -0.2) is 10.3 Å². The maximum absolute atomic E-state index is 4.31. The molecule has 2 rings (SSSR count). The standard InChI is InChI=1S/C15H19N3S/c1-5-18-14(13-8-6-12(4)7-9-13)10-19-15(18)17-16-11(2)3/h6-10H,5H2,1-4H3/b17-15-. The van der Waals surface area contributed by atoms with Crippen molar-refractivity contribution < 1.29 is 0 Å². The fourth-order valence-corrected chi connectivity index (χ4v) is 2.74. The number of aromatic nitrogens is 1. The second-order valence-electron chi connectivity index (χ2n) is 4.66. The summed E-state index contributed by atoms with van der Waals surface area (Å²) in [5, 5.41) is 10.6. The van der Waals surface area contributed by atoms with Gasteiger partial charge in [-0.1, -0.05) is 29.8 Å². The Morgan fingerprint density at radius 2 is 1.89 bits per heavy atom. The molecule has 0 spiro atoms. The minimum absolute atomic E-state index is 0.893. The van der Waals surface area contributed by atoms with Gasteiger partial charge in [0.2, 0.25) is 4.80 Å². The minimum atomic E-state index is 0.893. The third-order valence-corrected chi connectivity index (χ3v) is 3.65. The summed E-state index contributed by atoms with van der Waals surface area (Å²) in [6.45, 7) is 9.03. The molecule has 1 aromatic carbocycles. The van der Waals surface area contributed by atoms with Gasteiger partial charge in [0.05, 0.1) is 5.69 Å². The first-order valence-corrected chi connectivity index (χ1v) is 7.30. The third-order valence-electron chi connectivity index (χ3n) is 2.80. The fraction of sp³-hybridized carbons (Fsp3) is 0.333. The predicted octanol–water partition coefficient (Wildman–Crippen LogP) is 3.84. The Bertz CT molecular complexity index is 641. The normalized spacial score (nSPS) is 11.7. The summed E-state index contributed by atoms with van der Waals surface area (Å²) in [6.07, 6.45) is 0. The molecule has 4 heteroatoms. The molecule has 0 aliphatic heterocycles. The molecule has 3 nitrogen and oxygen atoms in total. The van der Waals surface area contributed by atoms with E-state index in [-0.39, 0.29) is 0 Å². The molecule has 1 heterocycles. The zero-order valence-corrected chi connectivity index (χ0v) is 12.7. The van der Waals surface area contributed by atoms with Crippen LogP contribution in [0, 0.1) is 6.92 Å². The first-order chi connectivity index (χ1) is 9.11. The molecule has 1 aromatic heterocycles. The van der Waals surface area contributed by atoms with Gasteiger partial charge in [-0.2, -0.15) is 5.10 Å². The average molecular weight is 273 g/mol. The Hall–Kier alpha value is -1.68. The lowest BCUT2D eigenvalue weighted by molar-refractivity contribution is 0.736. The summed E-state index contributed by atoms with van der Waals surface area (Å²) in [5.74, 6) is 0. The van der Waals surface area contributed by atoms with Gasteiger partial charge in [-0.15, -0.1) is 16.4 Å². The summed E-state index contributed by atoms with van der Waals surface area (Å²) >= 11 is 1.63. The predicted molar refractivity (Wildman–Crippen MR) is 82.5 cm³/mol. The highest BCUT2D eigenvalue weighted by molar-refractivity contribution is 7.07. The average Bonchev–Trinajstić information content (AvgIpc) is 2.80. The van der Waals surface area contributed by atoms with Crippen LogP contribution in [0.2, 0.25) is 0 Å². The van der Waals surface area contributed by atoms with Gasteiger partial charge in [0, 0.05) is 17.6 Å². The number of benzene rings is 1. The number of thiazole rings is 1. The van der Waals surface area contributed by atoms with Crippen LogP contribution in [0.3, 0.4) is 0 Å². The Kier molecular flexibility index (Phi) is 4.32. The van der Waals surface area contributed by atoms with Crippen LogP contribution in [0.5, 0.6) is 0 Å². The first-order valence-electron chi connectivity index (χ1n) is 6.42. The van der Waals surface area contributed by atoms with E-state index in [0.717, 1.165) is 17.1 Å². The monoisotopic (exact) mass is 273 g/mol. The molecule has 0 radical (unpaired) electrons. The van der Waals surface area contributed by atoms with Crippen LogP contribution >= 0.6 is 11.3 Å². The van der Waals surface area contributed by atoms with Crippen molar-refractivity contribution in [2.75, 3.05) is 0 Å². The molecule has 0 saturated carbocycles. The summed E-state index contributed by atoms with van der Waals surface area (Å²) in [7, 11) is 0.